The predicted octanol–water partition coefficient (Wildman–Crippen LogP) is 10.2. The molecule has 0 fully saturated rings. The molecule has 0 aliphatic carbocycles. The average molecular weight is 903 g/mol. The van der Waals surface area contributed by atoms with Crippen LogP contribution in [-0.4, -0.2) is 5.43 Å². The molecule has 0 N–H and O–H groups in total. The van der Waals surface area contributed by atoms with Crippen LogP contribution >= 0.6 is 0 Å². The summed E-state index contributed by atoms with van der Waals surface area (Å²) >= 11 is 1.74. The van der Waals surface area contributed by atoms with E-state index < -0.39 is 0 Å². The Morgan fingerprint density at radius 2 is 0.897 bits per heavy atom. The minimum atomic E-state index is 0. The molecular weight excluding hydrogens is 839 g/mol. The van der Waals surface area contributed by atoms with E-state index in [0.29, 0.717) is 5.92 Å². The van der Waals surface area contributed by atoms with Crippen LogP contribution in [0.15, 0.2) is 127 Å². The van der Waals surface area contributed by atoms with Crippen molar-refractivity contribution in [1.29, 1.82) is 0 Å². The van der Waals surface area contributed by atoms with Gasteiger partial charge in [-0.3, -0.25) is 0 Å². The molecule has 0 spiro atoms. The van der Waals surface area contributed by atoms with Gasteiger partial charge in [-0.1, -0.05) is 185 Å². The van der Waals surface area contributed by atoms with Gasteiger partial charge in [-0.25, -0.2) is 0 Å². The van der Waals surface area contributed by atoms with Crippen LogP contribution in [0, 0.1) is 6.92 Å². The van der Waals surface area contributed by atoms with Gasteiger partial charge >= 0.3 is 41.9 Å². The number of fused-ring (bicyclic) bond motifs is 2. The maximum atomic E-state index is 2.36. The van der Waals surface area contributed by atoms with Crippen molar-refractivity contribution in [2.75, 3.05) is 0 Å². The van der Waals surface area contributed by atoms with E-state index in [1.165, 1.54) is 82.7 Å². The molecule has 0 aromatic heterocycles. The quantitative estimate of drug-likeness (QED) is 0.122. The largest absolute Gasteiger partial charge is 1.00 e. The van der Waals surface area contributed by atoms with Crippen molar-refractivity contribution in [2.24, 2.45) is 0 Å². The number of hydrogen-bond donors (Lipinski definition) is 0. The van der Waals surface area contributed by atoms with Gasteiger partial charge in [0, 0.05) is 0 Å². The van der Waals surface area contributed by atoms with Crippen LogP contribution in [0.4, 0.5) is 0 Å². The predicted molar refractivity (Wildman–Crippen MR) is 248 cm³/mol. The van der Waals surface area contributed by atoms with Crippen molar-refractivity contribution in [3.8, 4) is 33.4 Å². The molecule has 0 radical (unpaired) electrons. The third kappa shape index (κ3) is 12.5. The fourth-order valence-electron chi connectivity index (χ4n) is 7.18. The minimum Gasteiger partial charge on any atom is -1.00 e. The zero-order valence-corrected chi connectivity index (χ0v) is 42.4. The van der Waals surface area contributed by atoms with Crippen molar-refractivity contribution in [1.82, 2.24) is 0 Å². The summed E-state index contributed by atoms with van der Waals surface area (Å²) in [5.74, 6) is 0.573. The molecule has 304 valence electrons. The number of aryl methyl sites for hydroxylation is 1. The fourth-order valence-corrected chi connectivity index (χ4v) is 7.18. The summed E-state index contributed by atoms with van der Waals surface area (Å²) in [4.78, 5) is 0. The maximum absolute atomic E-state index is 2.36. The Morgan fingerprint density at radius 3 is 1.33 bits per heavy atom. The van der Waals surface area contributed by atoms with E-state index in [4.69, 9.17) is 0 Å². The van der Waals surface area contributed by atoms with E-state index in [1.807, 2.05) is 0 Å². The molecule has 0 saturated heterocycles. The molecule has 0 nitrogen and oxygen atoms in total. The van der Waals surface area contributed by atoms with E-state index in [0.717, 1.165) is 0 Å². The van der Waals surface area contributed by atoms with Gasteiger partial charge in [0.05, 0.1) is 0 Å². The van der Waals surface area contributed by atoms with E-state index in [2.05, 4.69) is 224 Å². The van der Waals surface area contributed by atoms with E-state index in [-0.39, 0.29) is 46.5 Å². The Labute approximate surface area is 379 Å². The third-order valence-corrected chi connectivity index (χ3v) is 10.6. The Balaban J connectivity index is 0.000000285. The average Bonchev–Trinajstić information content (AvgIpc) is 3.74. The number of benzene rings is 5. The molecule has 0 aliphatic rings. The Hall–Kier alpha value is -3.00. The summed E-state index contributed by atoms with van der Waals surface area (Å²) < 4.78 is 0. The topological polar surface area (TPSA) is 0 Å². The van der Waals surface area contributed by atoms with Crippen LogP contribution in [0.25, 0.3) is 54.9 Å². The Morgan fingerprint density at radius 1 is 0.483 bits per heavy atom. The Kier molecular flexibility index (Phi) is 17.1. The zero-order valence-electron chi connectivity index (χ0n) is 37.5. The van der Waals surface area contributed by atoms with Crippen molar-refractivity contribution >= 4 is 27.0 Å². The second-order valence-electron chi connectivity index (χ2n) is 19.3. The summed E-state index contributed by atoms with van der Waals surface area (Å²) in [6.07, 6.45) is 0. The molecule has 4 heteroatoms. The monoisotopic (exact) mass is 900 g/mol. The maximum Gasteiger partial charge on any atom is -0.0132 e. The SMILES string of the molecule is CC(C)c1cc2c(-c3ccc(C(C)(C)C)cc3)cccc2[cH-]1.C[Si](C)=[Zr+2].Cc1cc2c(-c3ccc(C(C)(C)C)cc3)cc(-c3ccc(C(C)(C)C)cc3)cc2[cH-]1.[Cl-].[Cl-]. The van der Waals surface area contributed by atoms with Crippen molar-refractivity contribution in [2.45, 2.75) is 118 Å². The summed E-state index contributed by atoms with van der Waals surface area (Å²) in [5.41, 5.74) is 15.4. The first-order valence-electron chi connectivity index (χ1n) is 20.4. The van der Waals surface area contributed by atoms with Crippen molar-refractivity contribution < 1.29 is 48.1 Å². The summed E-state index contributed by atoms with van der Waals surface area (Å²) in [5, 5.41) is 5.38. The van der Waals surface area contributed by atoms with E-state index >= 15 is 0 Å². The fraction of sp³-hybridized carbons (Fsp3) is 0.333. The molecule has 7 rings (SSSR count). The van der Waals surface area contributed by atoms with Crippen LogP contribution in [0.1, 0.15) is 110 Å². The minimum absolute atomic E-state index is 0. The molecule has 0 bridgehead atoms. The number of hydrogen-bond acceptors (Lipinski definition) is 0. The summed E-state index contributed by atoms with van der Waals surface area (Å²) in [6, 6.07) is 47.9. The molecule has 0 unspecified atom stereocenters. The van der Waals surface area contributed by atoms with E-state index in [9.17, 15) is 0 Å². The first-order valence-corrected chi connectivity index (χ1v) is 26.6. The van der Waals surface area contributed by atoms with Crippen molar-refractivity contribution in [3.05, 3.63) is 155 Å². The molecule has 0 aliphatic heterocycles. The normalized spacial score (nSPS) is 11.6. The van der Waals surface area contributed by atoms with Gasteiger partial charge in [0.15, 0.2) is 0 Å². The van der Waals surface area contributed by atoms with Crippen LogP contribution in [0.2, 0.25) is 13.1 Å². The van der Waals surface area contributed by atoms with Crippen molar-refractivity contribution in [3.63, 3.8) is 0 Å². The molecule has 0 amide bonds. The van der Waals surface area contributed by atoms with Gasteiger partial charge in [0.2, 0.25) is 0 Å². The molecule has 0 heterocycles. The third-order valence-electron chi connectivity index (χ3n) is 10.6. The molecule has 58 heavy (non-hydrogen) atoms. The smallest absolute Gasteiger partial charge is 0.0132 e. The van der Waals surface area contributed by atoms with Gasteiger partial charge in [0.1, 0.15) is 0 Å². The van der Waals surface area contributed by atoms with Gasteiger partial charge in [-0.2, -0.15) is 12.1 Å². The number of rotatable bonds is 4. The number of halogens is 2. The van der Waals surface area contributed by atoms with Gasteiger partial charge < -0.3 is 24.8 Å². The first kappa shape index (κ1) is 49.4. The van der Waals surface area contributed by atoms with Crippen LogP contribution in [0.5, 0.6) is 0 Å². The zero-order chi connectivity index (χ0) is 41.2. The summed E-state index contributed by atoms with van der Waals surface area (Å²) in [7, 11) is 0. The molecule has 0 atom stereocenters. The Bertz CT molecular complexity index is 2400. The first-order chi connectivity index (χ1) is 26.1. The molecule has 0 saturated carbocycles. The van der Waals surface area contributed by atoms with Crippen LogP contribution < -0.4 is 24.8 Å². The van der Waals surface area contributed by atoms with Crippen LogP contribution in [0.3, 0.4) is 0 Å². The van der Waals surface area contributed by atoms with Gasteiger partial charge in [0.25, 0.3) is 0 Å². The van der Waals surface area contributed by atoms with Gasteiger partial charge in [-0.15, -0.1) is 63.0 Å². The molecule has 7 aromatic rings. The second-order valence-corrected chi connectivity index (χ2v) is 28.7. The molecular formula is C54H64Cl2SiZr-2. The standard InChI is InChI=1S/C30H33.C22H25.C2H6Si.2ClH.Zr/c1-20-16-24-18-23(21-8-12-25(13-9-21)29(2,3)4)19-28(27(24)17-20)22-10-14-26(15-11-22)30(5,6)7;1-15(2)18-13-17-7-6-8-20(21(17)14-18)16-9-11-19(12-10-16)22(3,4)5;1-3-2;;;/h8-19H,1-7H3;6-15H,1-5H3;1-2H3;2*1H;/q2*-1;;;;+2/p-2. The van der Waals surface area contributed by atoms with Gasteiger partial charge in [-0.05, 0) is 55.5 Å². The van der Waals surface area contributed by atoms with E-state index in [1.54, 1.807) is 23.3 Å². The van der Waals surface area contributed by atoms with Crippen LogP contribution in [-0.2, 0) is 39.6 Å². The second kappa shape index (κ2) is 20.0. The summed E-state index contributed by atoms with van der Waals surface area (Å²) in [6.45, 7) is 31.7. The molecule has 7 aromatic carbocycles.